The minimum Gasteiger partial charge on any atom is -0.379 e. The predicted octanol–water partition coefficient (Wildman–Crippen LogP) is 5.22. The monoisotopic (exact) mass is 571 g/mol. The Morgan fingerprint density at radius 1 is 0.927 bits per heavy atom. The van der Waals surface area contributed by atoms with Gasteiger partial charge in [-0.15, -0.1) is 0 Å². The Morgan fingerprint density at radius 2 is 1.56 bits per heavy atom. The third-order valence-electron chi connectivity index (χ3n) is 7.12. The number of hydrogen-bond donors (Lipinski definition) is 1. The average Bonchev–Trinajstić information content (AvgIpc) is 3.40. The van der Waals surface area contributed by atoms with E-state index in [1.54, 1.807) is 29.2 Å². The summed E-state index contributed by atoms with van der Waals surface area (Å²) in [5.74, 6) is -0.169. The number of aromatic nitrogens is 2. The molecule has 1 saturated heterocycles. The van der Waals surface area contributed by atoms with Gasteiger partial charge in [0.1, 0.15) is 6.54 Å². The number of hydrogen-bond acceptors (Lipinski definition) is 5. The lowest BCUT2D eigenvalue weighted by atomic mass is 10.1. The van der Waals surface area contributed by atoms with E-state index < -0.39 is 0 Å². The third-order valence-corrected chi connectivity index (χ3v) is 7.37. The second-order valence-electron chi connectivity index (χ2n) is 10.3. The molecule has 9 heteroatoms. The van der Waals surface area contributed by atoms with Crippen molar-refractivity contribution >= 4 is 29.4 Å². The first kappa shape index (κ1) is 28.5. The largest absolute Gasteiger partial charge is 0.379 e. The molecule has 212 valence electrons. The molecule has 1 aromatic heterocycles. The van der Waals surface area contributed by atoms with Gasteiger partial charge in [-0.1, -0.05) is 59.1 Å². The molecular weight excluding hydrogens is 538 g/mol. The Morgan fingerprint density at radius 3 is 2.22 bits per heavy atom. The molecule has 8 nitrogen and oxygen atoms in total. The SMILES string of the molecule is Cc1ccc(-c2cn(-c3ccc(C)cc3)c(NC(=O)CN(CCN3CCOCC3)C(=O)c3ccc(Cl)cc3)n2)cc1. The third kappa shape index (κ3) is 7.41. The number of anilines is 1. The molecule has 0 saturated carbocycles. The molecular formula is C32H34ClN5O3. The van der Waals surface area contributed by atoms with Crippen LogP contribution in [0.3, 0.4) is 0 Å². The average molecular weight is 572 g/mol. The highest BCUT2D eigenvalue weighted by Crippen LogP contribution is 2.25. The number of morpholine rings is 1. The summed E-state index contributed by atoms with van der Waals surface area (Å²) in [5.41, 5.74) is 5.33. The minimum atomic E-state index is -0.330. The van der Waals surface area contributed by atoms with Crippen molar-refractivity contribution in [3.05, 3.63) is 101 Å². The first-order chi connectivity index (χ1) is 19.9. The zero-order valence-electron chi connectivity index (χ0n) is 23.3. The molecule has 2 amide bonds. The van der Waals surface area contributed by atoms with E-state index in [0.717, 1.165) is 41.2 Å². The van der Waals surface area contributed by atoms with Crippen molar-refractivity contribution in [1.29, 1.82) is 0 Å². The molecule has 4 aromatic rings. The van der Waals surface area contributed by atoms with Crippen LogP contribution in [0, 0.1) is 13.8 Å². The normalized spacial score (nSPS) is 13.6. The molecule has 1 aliphatic heterocycles. The second kappa shape index (κ2) is 13.1. The van der Waals surface area contributed by atoms with Crippen LogP contribution in [0.4, 0.5) is 5.95 Å². The van der Waals surface area contributed by atoms with Gasteiger partial charge in [0, 0.05) is 54.2 Å². The summed E-state index contributed by atoms with van der Waals surface area (Å²) in [7, 11) is 0. The zero-order valence-corrected chi connectivity index (χ0v) is 24.1. The highest BCUT2D eigenvalue weighted by molar-refractivity contribution is 6.30. The first-order valence-electron chi connectivity index (χ1n) is 13.7. The molecule has 41 heavy (non-hydrogen) atoms. The molecule has 1 fully saturated rings. The van der Waals surface area contributed by atoms with E-state index in [9.17, 15) is 9.59 Å². The number of nitrogens with one attached hydrogen (secondary N) is 1. The van der Waals surface area contributed by atoms with Crippen LogP contribution in [-0.2, 0) is 9.53 Å². The molecule has 0 atom stereocenters. The second-order valence-corrected chi connectivity index (χ2v) is 10.7. The van der Waals surface area contributed by atoms with Crippen LogP contribution in [0.15, 0.2) is 79.0 Å². The summed E-state index contributed by atoms with van der Waals surface area (Å²) in [6.07, 6.45) is 1.92. The molecule has 0 aliphatic carbocycles. The molecule has 1 aliphatic rings. The van der Waals surface area contributed by atoms with E-state index in [4.69, 9.17) is 21.3 Å². The van der Waals surface area contributed by atoms with E-state index >= 15 is 0 Å². The summed E-state index contributed by atoms with van der Waals surface area (Å²) in [6, 6.07) is 22.8. The van der Waals surface area contributed by atoms with Gasteiger partial charge in [0.15, 0.2) is 0 Å². The number of rotatable bonds is 9. The van der Waals surface area contributed by atoms with Crippen LogP contribution in [-0.4, -0.2) is 77.1 Å². The first-order valence-corrected chi connectivity index (χ1v) is 14.1. The lowest BCUT2D eigenvalue weighted by Gasteiger charge is -2.30. The fourth-order valence-corrected chi connectivity index (χ4v) is 4.81. The molecule has 0 spiro atoms. The van der Waals surface area contributed by atoms with Crippen LogP contribution in [0.1, 0.15) is 21.5 Å². The Labute approximate surface area is 245 Å². The van der Waals surface area contributed by atoms with E-state index in [-0.39, 0.29) is 18.4 Å². The van der Waals surface area contributed by atoms with Crippen LogP contribution in [0.2, 0.25) is 5.02 Å². The fraction of sp³-hybridized carbons (Fsp3) is 0.281. The maximum Gasteiger partial charge on any atom is 0.254 e. The predicted molar refractivity (Wildman–Crippen MR) is 162 cm³/mol. The highest BCUT2D eigenvalue weighted by atomic mass is 35.5. The summed E-state index contributed by atoms with van der Waals surface area (Å²) in [4.78, 5) is 35.6. The van der Waals surface area contributed by atoms with Crippen molar-refractivity contribution in [3.8, 4) is 16.9 Å². The molecule has 0 unspecified atom stereocenters. The van der Waals surface area contributed by atoms with Gasteiger partial charge in [-0.05, 0) is 50.2 Å². The number of carbonyl (C=O) groups excluding carboxylic acids is 2. The number of ether oxygens (including phenoxy) is 1. The van der Waals surface area contributed by atoms with Crippen LogP contribution >= 0.6 is 11.6 Å². The highest BCUT2D eigenvalue weighted by Gasteiger charge is 2.22. The maximum absolute atomic E-state index is 13.5. The fourth-order valence-electron chi connectivity index (χ4n) is 4.69. The van der Waals surface area contributed by atoms with Crippen molar-refractivity contribution < 1.29 is 14.3 Å². The van der Waals surface area contributed by atoms with Crippen LogP contribution in [0.5, 0.6) is 0 Å². The molecule has 0 radical (unpaired) electrons. The summed E-state index contributed by atoms with van der Waals surface area (Å²) in [6.45, 7) is 7.91. The molecule has 3 aromatic carbocycles. The van der Waals surface area contributed by atoms with E-state index in [1.807, 2.05) is 73.1 Å². The number of halogens is 1. The van der Waals surface area contributed by atoms with Crippen LogP contribution in [0.25, 0.3) is 16.9 Å². The smallest absolute Gasteiger partial charge is 0.254 e. The van der Waals surface area contributed by atoms with Crippen LogP contribution < -0.4 is 5.32 Å². The van der Waals surface area contributed by atoms with Crippen molar-refractivity contribution in [3.63, 3.8) is 0 Å². The number of imidazole rings is 1. The lowest BCUT2D eigenvalue weighted by molar-refractivity contribution is -0.117. The number of benzene rings is 3. The lowest BCUT2D eigenvalue weighted by Crippen LogP contribution is -2.45. The number of carbonyl (C=O) groups is 2. The Hall–Kier alpha value is -3.98. The molecule has 5 rings (SSSR count). The summed E-state index contributed by atoms with van der Waals surface area (Å²) in [5, 5.41) is 3.52. The van der Waals surface area contributed by atoms with Gasteiger partial charge in [-0.2, -0.15) is 0 Å². The number of aryl methyl sites for hydroxylation is 2. The standard InChI is InChI=1S/C32H34ClN5O3/c1-23-3-7-25(8-4-23)29-21-38(28-13-5-24(2)6-14-28)32(34-29)35-30(39)22-37(16-15-36-17-19-41-20-18-36)31(40)26-9-11-27(33)12-10-26/h3-14,21H,15-20,22H2,1-2H3,(H,34,35,39). The van der Waals surface area contributed by atoms with Crippen molar-refractivity contribution in [2.45, 2.75) is 13.8 Å². The van der Waals surface area contributed by atoms with Crippen molar-refractivity contribution in [2.24, 2.45) is 0 Å². The summed E-state index contributed by atoms with van der Waals surface area (Å²) < 4.78 is 7.32. The molecule has 1 N–H and O–H groups in total. The minimum absolute atomic E-state index is 0.119. The van der Waals surface area contributed by atoms with Crippen molar-refractivity contribution in [2.75, 3.05) is 51.3 Å². The van der Waals surface area contributed by atoms with Gasteiger partial charge >= 0.3 is 0 Å². The van der Waals surface area contributed by atoms with Gasteiger partial charge in [-0.25, -0.2) is 4.98 Å². The Bertz CT molecular complexity index is 1480. The van der Waals surface area contributed by atoms with E-state index in [0.29, 0.717) is 42.8 Å². The maximum atomic E-state index is 13.5. The zero-order chi connectivity index (χ0) is 28.8. The van der Waals surface area contributed by atoms with Gasteiger partial charge < -0.3 is 9.64 Å². The topological polar surface area (TPSA) is 79.7 Å². The molecule has 2 heterocycles. The van der Waals surface area contributed by atoms with Gasteiger partial charge in [0.25, 0.3) is 5.91 Å². The quantitative estimate of drug-likeness (QED) is 0.298. The Balaban J connectivity index is 1.38. The Kier molecular flexibility index (Phi) is 9.14. The number of amides is 2. The molecule has 0 bridgehead atoms. The van der Waals surface area contributed by atoms with Gasteiger partial charge in [-0.3, -0.25) is 24.4 Å². The summed E-state index contributed by atoms with van der Waals surface area (Å²) >= 11 is 6.04. The van der Waals surface area contributed by atoms with E-state index in [2.05, 4.69) is 10.2 Å². The van der Waals surface area contributed by atoms with Crippen molar-refractivity contribution in [1.82, 2.24) is 19.4 Å². The number of nitrogens with zero attached hydrogens (tertiary/aromatic N) is 4. The van der Waals surface area contributed by atoms with E-state index in [1.165, 1.54) is 0 Å². The van der Waals surface area contributed by atoms with Gasteiger partial charge in [0.05, 0.1) is 18.9 Å². The van der Waals surface area contributed by atoms with Gasteiger partial charge in [0.2, 0.25) is 11.9 Å².